The number of hydrogen-bond acceptors (Lipinski definition) is 3. The fourth-order valence-corrected chi connectivity index (χ4v) is 5.73. The van der Waals surface area contributed by atoms with E-state index in [1.807, 2.05) is 42.5 Å². The minimum atomic E-state index is 0.151. The van der Waals surface area contributed by atoms with Crippen LogP contribution in [0.25, 0.3) is 68.3 Å². The monoisotopic (exact) mass is 490 g/mol. The number of hydrogen-bond donors (Lipinski definition) is 3. The second kappa shape index (κ2) is 7.92. The van der Waals surface area contributed by atoms with Gasteiger partial charge < -0.3 is 15.1 Å². The van der Waals surface area contributed by atoms with E-state index in [0.29, 0.717) is 5.69 Å². The normalized spacial score (nSPS) is 13.3. The summed E-state index contributed by atoms with van der Waals surface area (Å²) in [6.07, 6.45) is 6.66. The second-order valence-electron chi connectivity index (χ2n) is 9.88. The summed E-state index contributed by atoms with van der Waals surface area (Å²) >= 11 is 0. The summed E-state index contributed by atoms with van der Waals surface area (Å²) in [5, 5.41) is 11.0. The summed E-state index contributed by atoms with van der Waals surface area (Å²) in [4.78, 5) is 16.7. The van der Waals surface area contributed by atoms with Crippen LogP contribution in [0.4, 0.5) is 0 Å². The highest BCUT2D eigenvalue weighted by atomic mass is 16.3. The molecule has 3 aliphatic rings. The Morgan fingerprint density at radius 1 is 0.658 bits per heavy atom. The highest BCUT2D eigenvalue weighted by Gasteiger charge is 2.24. The van der Waals surface area contributed by atoms with Crippen LogP contribution in [-0.2, 0) is 6.42 Å². The van der Waals surface area contributed by atoms with Gasteiger partial charge in [-0.05, 0) is 88.9 Å². The lowest BCUT2D eigenvalue weighted by atomic mass is 9.94. The molecule has 0 saturated heterocycles. The van der Waals surface area contributed by atoms with Crippen LogP contribution >= 0.6 is 0 Å². The Bertz CT molecular complexity index is 2020. The van der Waals surface area contributed by atoms with Crippen LogP contribution in [0.3, 0.4) is 0 Å². The van der Waals surface area contributed by atoms with Crippen molar-refractivity contribution in [2.45, 2.75) is 6.42 Å². The van der Waals surface area contributed by atoms with Crippen molar-refractivity contribution in [3.8, 4) is 22.3 Å². The van der Waals surface area contributed by atoms with E-state index in [0.717, 1.165) is 56.7 Å². The van der Waals surface area contributed by atoms with Gasteiger partial charge in [0.25, 0.3) is 0 Å². The molecule has 5 heterocycles. The minimum Gasteiger partial charge on any atom is -0.506 e. The zero-order chi connectivity index (χ0) is 25.2. The molecule has 0 unspecified atom stereocenters. The van der Waals surface area contributed by atoms with Gasteiger partial charge in [-0.25, -0.2) is 9.97 Å². The van der Waals surface area contributed by atoms with Gasteiger partial charge in [0, 0.05) is 33.7 Å². The van der Waals surface area contributed by atoms with E-state index < -0.39 is 0 Å². The van der Waals surface area contributed by atoms with Crippen molar-refractivity contribution >= 4 is 46.1 Å². The maximum absolute atomic E-state index is 11.0. The van der Waals surface area contributed by atoms with Gasteiger partial charge in [0.05, 0.1) is 17.1 Å². The second-order valence-corrected chi connectivity index (χ2v) is 9.88. The van der Waals surface area contributed by atoms with Crippen LogP contribution in [0.2, 0.25) is 0 Å². The smallest absolute Gasteiger partial charge is 0.143 e. The summed E-state index contributed by atoms with van der Waals surface area (Å²) in [6.45, 7) is 0. The number of aliphatic hydroxyl groups excluding tert-OH is 1. The summed E-state index contributed by atoms with van der Waals surface area (Å²) in [5.74, 6) is 0.151. The molecule has 0 fully saturated rings. The minimum absolute atomic E-state index is 0.151. The highest BCUT2D eigenvalue weighted by molar-refractivity contribution is 5.96. The summed E-state index contributed by atoms with van der Waals surface area (Å²) in [6, 6.07) is 29.1. The molecule has 0 atom stereocenters. The number of rotatable bonds is 1. The third-order valence-corrected chi connectivity index (χ3v) is 7.44. The van der Waals surface area contributed by atoms with Crippen LogP contribution in [0.15, 0.2) is 84.9 Å². The third kappa shape index (κ3) is 3.33. The molecule has 3 aromatic heterocycles. The first kappa shape index (κ1) is 21.0. The largest absolute Gasteiger partial charge is 0.506 e. The molecule has 3 N–H and O–H groups in total. The van der Waals surface area contributed by atoms with Crippen molar-refractivity contribution in [3.05, 3.63) is 119 Å². The fourth-order valence-electron chi connectivity index (χ4n) is 5.73. The Morgan fingerprint density at radius 2 is 1.37 bits per heavy atom. The molecule has 38 heavy (non-hydrogen) atoms. The molecule has 8 bridgehead atoms. The maximum Gasteiger partial charge on any atom is 0.143 e. The van der Waals surface area contributed by atoms with Gasteiger partial charge >= 0.3 is 0 Å². The van der Waals surface area contributed by atoms with E-state index in [9.17, 15) is 5.11 Å². The average Bonchev–Trinajstić information content (AvgIpc) is 3.74. The molecular formula is C33H22N4O. The average molecular weight is 491 g/mol. The van der Waals surface area contributed by atoms with E-state index in [-0.39, 0.29) is 5.76 Å². The summed E-state index contributed by atoms with van der Waals surface area (Å²) < 4.78 is 0. The van der Waals surface area contributed by atoms with E-state index in [2.05, 4.69) is 64.6 Å². The molecule has 8 rings (SSSR count). The van der Waals surface area contributed by atoms with Crippen LogP contribution in [0.1, 0.15) is 33.9 Å². The van der Waals surface area contributed by atoms with Gasteiger partial charge in [-0.2, -0.15) is 0 Å². The van der Waals surface area contributed by atoms with Crippen LogP contribution in [0, 0.1) is 0 Å². The Hall–Kier alpha value is -5.16. The molecule has 0 spiro atoms. The number of aliphatic hydroxyl groups is 1. The van der Waals surface area contributed by atoms with E-state index in [1.165, 1.54) is 22.3 Å². The van der Waals surface area contributed by atoms with Crippen LogP contribution in [-0.4, -0.2) is 25.0 Å². The molecule has 5 nitrogen and oxygen atoms in total. The summed E-state index contributed by atoms with van der Waals surface area (Å²) in [5.41, 5.74) is 13.9. The van der Waals surface area contributed by atoms with E-state index in [4.69, 9.17) is 9.97 Å². The van der Waals surface area contributed by atoms with Crippen molar-refractivity contribution in [2.75, 3.05) is 0 Å². The summed E-state index contributed by atoms with van der Waals surface area (Å²) in [7, 11) is 0. The topological polar surface area (TPSA) is 77.6 Å². The fraction of sp³-hybridized carbons (Fsp3) is 0.0303. The van der Waals surface area contributed by atoms with Gasteiger partial charge in [-0.15, -0.1) is 0 Å². The van der Waals surface area contributed by atoms with Gasteiger partial charge in [-0.3, -0.25) is 0 Å². The van der Waals surface area contributed by atoms with Crippen LogP contribution < -0.4 is 0 Å². The number of fused-ring (bicyclic) bond motifs is 11. The molecule has 180 valence electrons. The number of aromatic amines is 2. The molecule has 5 heteroatoms. The van der Waals surface area contributed by atoms with Gasteiger partial charge in [0.2, 0.25) is 0 Å². The molecule has 0 saturated carbocycles. The number of aromatic nitrogens is 4. The zero-order valence-corrected chi connectivity index (χ0v) is 20.4. The molecule has 0 radical (unpaired) electrons. The lowest BCUT2D eigenvalue weighted by Gasteiger charge is -2.10. The standard InChI is InChI=1S/C33H22N4O/c38-32-18-31-33(27-7-3-6-26-25-5-2-1-4-19(25)14-28(26)27)29-13-12-23(36-29)16-22-9-8-20(34-22)15-21-10-11-24(35-21)17-30(32)37-31/h1-13,15-18,35-36,38H,14H2. The van der Waals surface area contributed by atoms with Gasteiger partial charge in [-0.1, -0.05) is 42.5 Å². The van der Waals surface area contributed by atoms with Crippen molar-refractivity contribution in [3.63, 3.8) is 0 Å². The predicted molar refractivity (Wildman–Crippen MR) is 154 cm³/mol. The lowest BCUT2D eigenvalue weighted by Crippen LogP contribution is -1.91. The van der Waals surface area contributed by atoms with Gasteiger partial charge in [0.1, 0.15) is 11.5 Å². The van der Waals surface area contributed by atoms with Gasteiger partial charge in [0.15, 0.2) is 0 Å². The van der Waals surface area contributed by atoms with Crippen molar-refractivity contribution in [1.82, 2.24) is 19.9 Å². The SMILES string of the molecule is OC1=Cc2nc1cc1ccc(cc3nc(cc4ccc([nH]4)c2-c2cccc4c2Cc2ccccc2-4)C=C3)[nH]1. The Morgan fingerprint density at radius 3 is 2.24 bits per heavy atom. The molecule has 2 aromatic carbocycles. The number of H-pyrrole nitrogens is 2. The molecule has 2 aliphatic heterocycles. The quantitative estimate of drug-likeness (QED) is 0.220. The number of nitrogens with zero attached hydrogens (tertiary/aromatic N) is 2. The Kier molecular flexibility index (Phi) is 4.37. The van der Waals surface area contributed by atoms with Crippen molar-refractivity contribution in [1.29, 1.82) is 0 Å². The first-order chi connectivity index (χ1) is 18.7. The first-order valence-corrected chi connectivity index (χ1v) is 12.7. The number of nitrogens with one attached hydrogen (secondary N) is 2. The highest BCUT2D eigenvalue weighted by Crippen LogP contribution is 2.43. The Labute approximate surface area is 218 Å². The predicted octanol–water partition coefficient (Wildman–Crippen LogP) is 7.78. The first-order valence-electron chi connectivity index (χ1n) is 12.7. The van der Waals surface area contributed by atoms with Crippen molar-refractivity contribution < 1.29 is 5.11 Å². The molecule has 0 amide bonds. The third-order valence-electron chi connectivity index (χ3n) is 7.44. The van der Waals surface area contributed by atoms with Crippen molar-refractivity contribution in [2.24, 2.45) is 0 Å². The maximum atomic E-state index is 11.0. The molecular weight excluding hydrogens is 468 g/mol. The van der Waals surface area contributed by atoms with Crippen LogP contribution in [0.5, 0.6) is 0 Å². The lowest BCUT2D eigenvalue weighted by molar-refractivity contribution is 0.515. The number of benzene rings is 2. The zero-order valence-electron chi connectivity index (χ0n) is 20.4. The van der Waals surface area contributed by atoms with E-state index in [1.54, 1.807) is 6.08 Å². The molecule has 5 aromatic rings. The Balaban J connectivity index is 1.47. The van der Waals surface area contributed by atoms with E-state index >= 15 is 0 Å². The molecule has 1 aliphatic carbocycles.